The van der Waals surface area contributed by atoms with E-state index in [2.05, 4.69) is 52.3 Å². The minimum absolute atomic E-state index is 0.103. The molecule has 0 bridgehead atoms. The van der Waals surface area contributed by atoms with Gasteiger partial charge in [0.05, 0.1) is 5.39 Å². The first-order valence-electron chi connectivity index (χ1n) is 9.67. The first-order chi connectivity index (χ1) is 14.2. The lowest BCUT2D eigenvalue weighted by molar-refractivity contribution is 0.635. The van der Waals surface area contributed by atoms with Crippen molar-refractivity contribution in [1.82, 2.24) is 9.55 Å². The molecular weight excluding hydrogens is 464 g/mol. The molecule has 29 heavy (non-hydrogen) atoms. The number of thiophene rings is 1. The van der Waals surface area contributed by atoms with Crippen LogP contribution in [-0.4, -0.2) is 9.55 Å². The number of benzene rings is 2. The van der Waals surface area contributed by atoms with Gasteiger partial charge in [0.1, 0.15) is 4.83 Å². The maximum Gasteiger partial charge on any atom is 0.263 e. The van der Waals surface area contributed by atoms with Crippen LogP contribution in [0.1, 0.15) is 23.6 Å². The predicted molar refractivity (Wildman–Crippen MR) is 126 cm³/mol. The van der Waals surface area contributed by atoms with E-state index in [1.165, 1.54) is 27.1 Å². The van der Waals surface area contributed by atoms with Crippen molar-refractivity contribution >= 4 is 49.2 Å². The molecule has 2 aromatic heterocycles. The van der Waals surface area contributed by atoms with E-state index in [4.69, 9.17) is 4.98 Å². The van der Waals surface area contributed by atoms with Crippen LogP contribution >= 0.6 is 39.0 Å². The molecule has 2 heterocycles. The van der Waals surface area contributed by atoms with Crippen molar-refractivity contribution in [1.29, 1.82) is 0 Å². The zero-order chi connectivity index (χ0) is 20.0. The summed E-state index contributed by atoms with van der Waals surface area (Å²) in [6, 6.07) is 16.8. The Kier molecular flexibility index (Phi) is 5.10. The minimum atomic E-state index is 0.103. The number of nitrogens with zero attached hydrogens (tertiary/aromatic N) is 2. The van der Waals surface area contributed by atoms with Gasteiger partial charge in [-0.25, -0.2) is 4.98 Å². The monoisotopic (exact) mass is 482 g/mol. The summed E-state index contributed by atoms with van der Waals surface area (Å²) >= 11 is 6.83. The summed E-state index contributed by atoms with van der Waals surface area (Å²) < 4.78 is 2.90. The Hall–Kier alpha value is -1.89. The fraction of sp³-hybridized carbons (Fsp3) is 0.217. The predicted octanol–water partition coefficient (Wildman–Crippen LogP) is 6.30. The lowest BCUT2D eigenvalue weighted by atomic mass is 9.90. The van der Waals surface area contributed by atoms with Gasteiger partial charge in [-0.15, -0.1) is 11.3 Å². The molecule has 1 aliphatic carbocycles. The normalized spacial score (nSPS) is 12.8. The Bertz CT molecular complexity index is 1290. The van der Waals surface area contributed by atoms with Crippen molar-refractivity contribution in [2.45, 2.75) is 37.2 Å². The van der Waals surface area contributed by atoms with Gasteiger partial charge in [-0.2, -0.15) is 0 Å². The maximum atomic E-state index is 13.4. The van der Waals surface area contributed by atoms with Gasteiger partial charge in [-0.05, 0) is 54.2 Å². The molecule has 2 aromatic carbocycles. The largest absolute Gasteiger partial charge is 0.287 e. The number of aryl methyl sites for hydroxylation is 2. The summed E-state index contributed by atoms with van der Waals surface area (Å²) in [5.74, 6) is 0.783. The Morgan fingerprint density at radius 3 is 2.86 bits per heavy atom. The van der Waals surface area contributed by atoms with Crippen LogP contribution in [0.4, 0.5) is 0 Å². The molecule has 0 amide bonds. The van der Waals surface area contributed by atoms with Gasteiger partial charge < -0.3 is 0 Å². The quantitative estimate of drug-likeness (QED) is 0.253. The van der Waals surface area contributed by atoms with Gasteiger partial charge in [-0.3, -0.25) is 9.36 Å². The molecule has 0 unspecified atom stereocenters. The Morgan fingerprint density at radius 2 is 2.03 bits per heavy atom. The Morgan fingerprint density at radius 1 is 1.17 bits per heavy atom. The molecule has 0 N–H and O–H groups in total. The minimum Gasteiger partial charge on any atom is -0.287 e. The Balaban J connectivity index is 1.61. The topological polar surface area (TPSA) is 34.9 Å². The highest BCUT2D eigenvalue weighted by Gasteiger charge is 2.25. The number of hydrogen-bond donors (Lipinski definition) is 0. The highest BCUT2D eigenvalue weighted by molar-refractivity contribution is 9.10. The van der Waals surface area contributed by atoms with Crippen molar-refractivity contribution in [3.8, 4) is 10.4 Å². The van der Waals surface area contributed by atoms with Crippen molar-refractivity contribution in [3.05, 3.63) is 80.0 Å². The van der Waals surface area contributed by atoms with Gasteiger partial charge >= 0.3 is 0 Å². The van der Waals surface area contributed by atoms with Crippen LogP contribution in [0, 0.1) is 0 Å². The van der Waals surface area contributed by atoms with Gasteiger partial charge in [-0.1, -0.05) is 64.1 Å². The van der Waals surface area contributed by atoms with Crippen LogP contribution in [0.15, 0.2) is 63.0 Å². The third-order valence-electron chi connectivity index (χ3n) is 5.36. The molecule has 0 atom stereocenters. The summed E-state index contributed by atoms with van der Waals surface area (Å²) in [5.41, 5.74) is 5.13. The van der Waals surface area contributed by atoms with Gasteiger partial charge in [0.15, 0.2) is 5.16 Å². The van der Waals surface area contributed by atoms with Crippen LogP contribution in [0.5, 0.6) is 0 Å². The molecule has 3 nitrogen and oxygen atoms in total. The maximum absolute atomic E-state index is 13.4. The summed E-state index contributed by atoms with van der Waals surface area (Å²) in [4.78, 5) is 20.5. The number of thioether (sulfide) groups is 1. The van der Waals surface area contributed by atoms with Crippen molar-refractivity contribution in [2.24, 2.45) is 0 Å². The highest BCUT2D eigenvalue weighted by Crippen LogP contribution is 2.42. The molecule has 6 heteroatoms. The van der Waals surface area contributed by atoms with E-state index < -0.39 is 0 Å². The molecule has 0 spiro atoms. The van der Waals surface area contributed by atoms with E-state index in [0.717, 1.165) is 38.4 Å². The zero-order valence-corrected chi connectivity index (χ0v) is 19.2. The van der Waals surface area contributed by atoms with Crippen molar-refractivity contribution in [2.75, 3.05) is 0 Å². The number of halogens is 1. The summed E-state index contributed by atoms with van der Waals surface area (Å²) in [6.45, 7) is 2.65. The molecule has 1 aliphatic rings. The third kappa shape index (κ3) is 3.37. The second-order valence-corrected chi connectivity index (χ2v) is 9.97. The number of aromatic nitrogens is 2. The van der Waals surface area contributed by atoms with Gasteiger partial charge in [0.2, 0.25) is 0 Å². The molecular formula is C23H19BrN2OS2. The SMILES string of the molecule is CCn1c(SCc2cccc(Br)c2)nc2sc3c(c2c1=O)CCc1ccccc1-3. The zero-order valence-electron chi connectivity index (χ0n) is 15.9. The van der Waals surface area contributed by atoms with Crippen molar-refractivity contribution < 1.29 is 0 Å². The van der Waals surface area contributed by atoms with E-state index in [9.17, 15) is 4.79 Å². The first-order valence-corrected chi connectivity index (χ1v) is 12.3. The molecule has 0 saturated carbocycles. The van der Waals surface area contributed by atoms with E-state index >= 15 is 0 Å². The van der Waals surface area contributed by atoms with Crippen LogP contribution < -0.4 is 5.56 Å². The number of fused-ring (bicyclic) bond motifs is 5. The molecule has 0 fully saturated rings. The molecule has 0 aliphatic heterocycles. The van der Waals surface area contributed by atoms with Crippen LogP contribution in [0.25, 0.3) is 20.7 Å². The second kappa shape index (κ2) is 7.74. The number of rotatable bonds is 4. The highest BCUT2D eigenvalue weighted by atomic mass is 79.9. The lowest BCUT2D eigenvalue weighted by Gasteiger charge is -2.16. The van der Waals surface area contributed by atoms with E-state index in [0.29, 0.717) is 6.54 Å². The van der Waals surface area contributed by atoms with E-state index in [-0.39, 0.29) is 5.56 Å². The fourth-order valence-electron chi connectivity index (χ4n) is 3.96. The lowest BCUT2D eigenvalue weighted by Crippen LogP contribution is -2.23. The van der Waals surface area contributed by atoms with Gasteiger partial charge in [0, 0.05) is 21.6 Å². The smallest absolute Gasteiger partial charge is 0.263 e. The van der Waals surface area contributed by atoms with Crippen LogP contribution in [0.2, 0.25) is 0 Å². The molecule has 0 saturated heterocycles. The second-order valence-electron chi connectivity index (χ2n) is 7.11. The number of hydrogen-bond acceptors (Lipinski definition) is 4. The summed E-state index contributed by atoms with van der Waals surface area (Å²) in [5, 5.41) is 1.63. The third-order valence-corrected chi connectivity index (χ3v) is 8.06. The first kappa shape index (κ1) is 19.1. The van der Waals surface area contributed by atoms with E-state index in [1.54, 1.807) is 23.1 Å². The fourth-order valence-corrected chi connectivity index (χ4v) is 6.74. The average molecular weight is 483 g/mol. The van der Waals surface area contributed by atoms with E-state index in [1.807, 2.05) is 23.6 Å². The molecule has 5 rings (SSSR count). The standard InChI is InChI=1S/C23H19BrN2OS2/c1-2-26-22(27)19-18-11-10-15-7-3-4-9-17(15)20(18)29-21(19)25-23(26)28-13-14-6-5-8-16(24)12-14/h3-9,12H,2,10-11,13H2,1H3. The molecule has 146 valence electrons. The summed E-state index contributed by atoms with van der Waals surface area (Å²) in [7, 11) is 0. The Labute approximate surface area is 185 Å². The van der Waals surface area contributed by atoms with Crippen LogP contribution in [-0.2, 0) is 25.1 Å². The summed E-state index contributed by atoms with van der Waals surface area (Å²) in [6.07, 6.45) is 1.90. The van der Waals surface area contributed by atoms with Gasteiger partial charge in [0.25, 0.3) is 5.56 Å². The van der Waals surface area contributed by atoms with Crippen LogP contribution in [0.3, 0.4) is 0 Å². The molecule has 4 aromatic rings. The molecule has 0 radical (unpaired) electrons. The van der Waals surface area contributed by atoms with Crippen molar-refractivity contribution in [3.63, 3.8) is 0 Å². The average Bonchev–Trinajstić information content (AvgIpc) is 3.11.